The summed E-state index contributed by atoms with van der Waals surface area (Å²) >= 11 is 0. The Balaban J connectivity index is 2.04. The molecule has 1 fully saturated rings. The molecule has 0 radical (unpaired) electrons. The predicted octanol–water partition coefficient (Wildman–Crippen LogP) is 0.606. The highest BCUT2D eigenvalue weighted by Gasteiger charge is 2.38. The molecule has 24 heavy (non-hydrogen) atoms. The number of carboxylic acid groups (broad SMARTS) is 1. The summed E-state index contributed by atoms with van der Waals surface area (Å²) in [6, 6.07) is 2.90. The number of aromatic nitrogens is 1. The van der Waals surface area contributed by atoms with Gasteiger partial charge in [-0.3, -0.25) is 14.6 Å². The number of carboxylic acids is 1. The molecular weight excluding hydrogens is 334 g/mol. The normalized spacial score (nSPS) is 16.9. The Kier molecular flexibility index (Phi) is 5.55. The number of likely N-dealkylation sites (N-methyl/N-ethyl adjacent to an activating group) is 1. The Morgan fingerprint density at radius 2 is 2.04 bits per heavy atom. The van der Waals surface area contributed by atoms with Crippen LogP contribution in [0.4, 0.5) is 0 Å². The Hall–Kier alpha value is -2.00. The highest BCUT2D eigenvalue weighted by Crippen LogP contribution is 2.32. The van der Waals surface area contributed by atoms with Gasteiger partial charge < -0.3 is 10.4 Å². The minimum absolute atomic E-state index is 0.00131. The molecule has 1 aliphatic carbocycles. The van der Waals surface area contributed by atoms with Crippen molar-refractivity contribution in [1.29, 1.82) is 0 Å². The van der Waals surface area contributed by atoms with Crippen LogP contribution in [-0.2, 0) is 19.6 Å². The smallest absolute Gasteiger partial charge is 0.305 e. The van der Waals surface area contributed by atoms with Gasteiger partial charge in [0.15, 0.2) is 0 Å². The van der Waals surface area contributed by atoms with Gasteiger partial charge in [0.25, 0.3) is 0 Å². The number of aliphatic carboxylic acids is 1. The van der Waals surface area contributed by atoms with E-state index in [0.29, 0.717) is 12.8 Å². The van der Waals surface area contributed by atoms with E-state index >= 15 is 0 Å². The van der Waals surface area contributed by atoms with Crippen LogP contribution in [-0.4, -0.2) is 53.8 Å². The van der Waals surface area contributed by atoms with Gasteiger partial charge in [0.2, 0.25) is 15.9 Å². The molecule has 2 N–H and O–H groups in total. The molecule has 0 bridgehead atoms. The van der Waals surface area contributed by atoms with E-state index in [4.69, 9.17) is 5.11 Å². The molecule has 0 aliphatic heterocycles. The summed E-state index contributed by atoms with van der Waals surface area (Å²) in [5, 5.41) is 11.8. The standard InChI is InChI=1S/C15H21N3O5S/c1-18(24(22,23)12-5-4-8-16-10-12)11-13(19)17-15(9-14(20)21)6-2-3-7-15/h4-5,8,10H,2-3,6-7,9,11H2,1H3,(H,17,19)(H,20,21). The van der Waals surface area contributed by atoms with E-state index in [9.17, 15) is 18.0 Å². The number of carbonyl (C=O) groups is 2. The first-order valence-corrected chi connectivity index (χ1v) is 9.08. The van der Waals surface area contributed by atoms with Gasteiger partial charge in [0, 0.05) is 19.4 Å². The monoisotopic (exact) mass is 355 g/mol. The van der Waals surface area contributed by atoms with Gasteiger partial charge in [-0.1, -0.05) is 12.8 Å². The maximum absolute atomic E-state index is 12.4. The van der Waals surface area contributed by atoms with Crippen molar-refractivity contribution in [3.63, 3.8) is 0 Å². The first-order chi connectivity index (χ1) is 11.3. The van der Waals surface area contributed by atoms with Crippen LogP contribution >= 0.6 is 0 Å². The van der Waals surface area contributed by atoms with Crippen LogP contribution in [0.25, 0.3) is 0 Å². The van der Waals surface area contributed by atoms with Crippen LogP contribution in [0.15, 0.2) is 29.4 Å². The number of rotatable bonds is 7. The summed E-state index contributed by atoms with van der Waals surface area (Å²) in [5.41, 5.74) is -0.776. The van der Waals surface area contributed by atoms with E-state index in [1.807, 2.05) is 0 Å². The van der Waals surface area contributed by atoms with Crippen LogP contribution < -0.4 is 5.32 Å². The predicted molar refractivity (Wildman–Crippen MR) is 85.6 cm³/mol. The minimum Gasteiger partial charge on any atom is -0.481 e. The molecule has 132 valence electrons. The van der Waals surface area contributed by atoms with Gasteiger partial charge in [0.05, 0.1) is 18.5 Å². The number of amides is 1. The maximum Gasteiger partial charge on any atom is 0.305 e. The lowest BCUT2D eigenvalue weighted by atomic mass is 9.93. The molecule has 9 heteroatoms. The average molecular weight is 355 g/mol. The molecule has 0 aromatic carbocycles. The number of hydrogen-bond acceptors (Lipinski definition) is 5. The van der Waals surface area contributed by atoms with Crippen molar-refractivity contribution in [3.05, 3.63) is 24.5 Å². The molecule has 1 saturated carbocycles. The molecule has 0 spiro atoms. The first kappa shape index (κ1) is 18.3. The molecule has 0 saturated heterocycles. The molecule has 0 atom stereocenters. The van der Waals surface area contributed by atoms with Crippen molar-refractivity contribution in [3.8, 4) is 0 Å². The van der Waals surface area contributed by atoms with E-state index in [2.05, 4.69) is 10.3 Å². The zero-order valence-electron chi connectivity index (χ0n) is 13.4. The van der Waals surface area contributed by atoms with Crippen LogP contribution in [0.2, 0.25) is 0 Å². The van der Waals surface area contributed by atoms with Crippen molar-refractivity contribution in [2.24, 2.45) is 0 Å². The van der Waals surface area contributed by atoms with E-state index in [-0.39, 0.29) is 17.9 Å². The van der Waals surface area contributed by atoms with E-state index in [1.54, 1.807) is 0 Å². The van der Waals surface area contributed by atoms with Gasteiger partial charge in [0.1, 0.15) is 4.90 Å². The fourth-order valence-corrected chi connectivity index (χ4v) is 4.08. The SMILES string of the molecule is CN(CC(=O)NC1(CC(=O)O)CCCC1)S(=O)(=O)c1cccnc1. The van der Waals surface area contributed by atoms with Crippen LogP contribution in [0.5, 0.6) is 0 Å². The summed E-state index contributed by atoms with van der Waals surface area (Å²) in [6.07, 6.45) is 5.38. The Morgan fingerprint density at radius 1 is 1.38 bits per heavy atom. The van der Waals surface area contributed by atoms with Gasteiger partial charge in [-0.15, -0.1) is 0 Å². The molecule has 8 nitrogen and oxygen atoms in total. The van der Waals surface area contributed by atoms with Gasteiger partial charge in [-0.2, -0.15) is 4.31 Å². The molecule has 0 unspecified atom stereocenters. The molecule has 1 amide bonds. The highest BCUT2D eigenvalue weighted by molar-refractivity contribution is 7.89. The van der Waals surface area contributed by atoms with E-state index < -0.39 is 27.4 Å². The van der Waals surface area contributed by atoms with Crippen LogP contribution in [0, 0.1) is 0 Å². The third-order valence-corrected chi connectivity index (χ3v) is 5.95. The molecule has 1 aromatic rings. The number of carbonyl (C=O) groups excluding carboxylic acids is 1. The largest absolute Gasteiger partial charge is 0.481 e. The Labute approximate surface area is 140 Å². The van der Waals surface area contributed by atoms with Crippen molar-refractivity contribution in [2.45, 2.75) is 42.5 Å². The molecule has 1 aromatic heterocycles. The van der Waals surface area contributed by atoms with E-state index in [1.165, 1.54) is 31.6 Å². The quantitative estimate of drug-likeness (QED) is 0.740. The molecule has 1 aliphatic rings. The van der Waals surface area contributed by atoms with Crippen LogP contribution in [0.3, 0.4) is 0 Å². The summed E-state index contributed by atoms with van der Waals surface area (Å²) in [6.45, 7) is -0.376. The number of pyridine rings is 1. The second-order valence-corrected chi connectivity index (χ2v) is 8.10. The average Bonchev–Trinajstić information content (AvgIpc) is 2.94. The summed E-state index contributed by atoms with van der Waals surface area (Å²) in [7, 11) is -2.51. The maximum atomic E-state index is 12.4. The Morgan fingerprint density at radius 3 is 2.58 bits per heavy atom. The summed E-state index contributed by atoms with van der Waals surface area (Å²) in [5.74, 6) is -1.48. The number of hydrogen-bond donors (Lipinski definition) is 2. The third-order valence-electron chi connectivity index (χ3n) is 4.16. The fourth-order valence-electron chi connectivity index (χ4n) is 2.99. The molecular formula is C15H21N3O5S. The number of nitrogens with one attached hydrogen (secondary N) is 1. The van der Waals surface area contributed by atoms with Crippen molar-refractivity contribution in [1.82, 2.24) is 14.6 Å². The second kappa shape index (κ2) is 7.27. The fraction of sp³-hybridized carbons (Fsp3) is 0.533. The summed E-state index contributed by atoms with van der Waals surface area (Å²) in [4.78, 5) is 27.1. The number of nitrogens with zero attached hydrogens (tertiary/aromatic N) is 2. The van der Waals surface area contributed by atoms with Crippen LogP contribution in [0.1, 0.15) is 32.1 Å². The lowest BCUT2D eigenvalue weighted by Crippen LogP contribution is -2.51. The van der Waals surface area contributed by atoms with Crippen molar-refractivity contribution >= 4 is 21.9 Å². The van der Waals surface area contributed by atoms with Gasteiger partial charge >= 0.3 is 5.97 Å². The molecule has 2 rings (SSSR count). The number of sulfonamides is 1. The zero-order chi connectivity index (χ0) is 17.8. The lowest BCUT2D eigenvalue weighted by Gasteiger charge is -2.29. The highest BCUT2D eigenvalue weighted by atomic mass is 32.2. The van der Waals surface area contributed by atoms with Crippen molar-refractivity contribution in [2.75, 3.05) is 13.6 Å². The zero-order valence-corrected chi connectivity index (χ0v) is 14.3. The van der Waals surface area contributed by atoms with Gasteiger partial charge in [-0.05, 0) is 25.0 Å². The Bertz CT molecular complexity index is 699. The van der Waals surface area contributed by atoms with Crippen molar-refractivity contribution < 1.29 is 23.1 Å². The topological polar surface area (TPSA) is 117 Å². The summed E-state index contributed by atoms with van der Waals surface area (Å²) < 4.78 is 25.7. The van der Waals surface area contributed by atoms with Gasteiger partial charge in [-0.25, -0.2) is 8.42 Å². The first-order valence-electron chi connectivity index (χ1n) is 7.64. The third kappa shape index (κ3) is 4.30. The minimum atomic E-state index is -3.82. The van der Waals surface area contributed by atoms with E-state index in [0.717, 1.165) is 17.1 Å². The lowest BCUT2D eigenvalue weighted by molar-refractivity contribution is -0.139. The second-order valence-electron chi connectivity index (χ2n) is 6.06. The molecule has 1 heterocycles.